The second-order valence-electron chi connectivity index (χ2n) is 4.66. The van der Waals surface area contributed by atoms with Gasteiger partial charge in [-0.2, -0.15) is 5.10 Å². The number of aromatic hydroxyl groups is 1. The Hall–Kier alpha value is -2.82. The smallest absolute Gasteiger partial charge is 0.335 e. The molecule has 100 valence electrons. The van der Waals surface area contributed by atoms with Crippen LogP contribution in [0, 0.1) is 6.92 Å². The molecule has 1 aromatic heterocycles. The largest absolute Gasteiger partial charge is 0.507 e. The van der Waals surface area contributed by atoms with Crippen LogP contribution in [-0.4, -0.2) is 26.4 Å². The summed E-state index contributed by atoms with van der Waals surface area (Å²) < 4.78 is 0. The number of carboxylic acid groups (broad SMARTS) is 1. The van der Waals surface area contributed by atoms with Crippen molar-refractivity contribution in [3.63, 3.8) is 0 Å². The number of H-pyrrole nitrogens is 1. The van der Waals surface area contributed by atoms with Crippen LogP contribution in [-0.2, 0) is 0 Å². The van der Waals surface area contributed by atoms with Gasteiger partial charge in [-0.05, 0) is 37.3 Å². The minimum absolute atomic E-state index is 0.145. The van der Waals surface area contributed by atoms with Gasteiger partial charge in [0.1, 0.15) is 11.4 Å². The van der Waals surface area contributed by atoms with Gasteiger partial charge in [0.25, 0.3) is 0 Å². The Kier molecular flexibility index (Phi) is 2.68. The molecule has 0 amide bonds. The molecule has 5 nitrogen and oxygen atoms in total. The summed E-state index contributed by atoms with van der Waals surface area (Å²) >= 11 is 0. The van der Waals surface area contributed by atoms with Crippen LogP contribution in [0.4, 0.5) is 0 Å². The first kappa shape index (κ1) is 12.2. The Morgan fingerprint density at radius 2 is 2.00 bits per heavy atom. The van der Waals surface area contributed by atoms with E-state index in [2.05, 4.69) is 10.2 Å². The molecule has 0 saturated carbocycles. The van der Waals surface area contributed by atoms with E-state index in [1.165, 1.54) is 12.1 Å². The molecule has 3 N–H and O–H groups in total. The van der Waals surface area contributed by atoms with Crippen molar-refractivity contribution in [3.05, 3.63) is 47.5 Å². The van der Waals surface area contributed by atoms with Crippen molar-refractivity contribution in [2.24, 2.45) is 0 Å². The average Bonchev–Trinajstić information content (AvgIpc) is 2.84. The molecule has 0 spiro atoms. The number of rotatable bonds is 2. The number of nitrogens with zero attached hydrogens (tertiary/aromatic N) is 1. The number of fused-ring (bicyclic) bond motifs is 1. The van der Waals surface area contributed by atoms with Gasteiger partial charge >= 0.3 is 5.97 Å². The van der Waals surface area contributed by atoms with E-state index in [4.69, 9.17) is 5.11 Å². The fourth-order valence-electron chi connectivity index (χ4n) is 2.20. The summed E-state index contributed by atoms with van der Waals surface area (Å²) in [6, 6.07) is 10.0. The molecular weight excluding hydrogens is 256 g/mol. The van der Waals surface area contributed by atoms with Gasteiger partial charge in [0.15, 0.2) is 0 Å². The van der Waals surface area contributed by atoms with Gasteiger partial charge < -0.3 is 10.2 Å². The molecule has 1 heterocycles. The van der Waals surface area contributed by atoms with E-state index in [9.17, 15) is 9.90 Å². The van der Waals surface area contributed by atoms with Crippen molar-refractivity contribution in [2.75, 3.05) is 0 Å². The molecular formula is C15H12N2O3. The number of hydrogen-bond donors (Lipinski definition) is 3. The van der Waals surface area contributed by atoms with E-state index in [1.807, 2.05) is 19.1 Å². The quantitative estimate of drug-likeness (QED) is 0.667. The number of phenolic OH excluding ortho intramolecular Hbond substituents is 1. The third-order valence-corrected chi connectivity index (χ3v) is 3.22. The Bertz CT molecular complexity index is 821. The fraction of sp³-hybridized carbons (Fsp3) is 0.0667. The van der Waals surface area contributed by atoms with Gasteiger partial charge in [0.2, 0.25) is 0 Å². The molecule has 0 atom stereocenters. The van der Waals surface area contributed by atoms with Crippen molar-refractivity contribution in [2.45, 2.75) is 6.92 Å². The van der Waals surface area contributed by atoms with Crippen molar-refractivity contribution >= 4 is 16.9 Å². The van der Waals surface area contributed by atoms with Gasteiger partial charge in [0, 0.05) is 10.9 Å². The fourth-order valence-corrected chi connectivity index (χ4v) is 2.20. The second-order valence-corrected chi connectivity index (χ2v) is 4.66. The van der Waals surface area contributed by atoms with Crippen molar-refractivity contribution < 1.29 is 15.0 Å². The van der Waals surface area contributed by atoms with E-state index >= 15 is 0 Å². The monoisotopic (exact) mass is 268 g/mol. The lowest BCUT2D eigenvalue weighted by Crippen LogP contribution is -1.94. The van der Waals surface area contributed by atoms with Crippen LogP contribution in [0.1, 0.15) is 15.9 Å². The maximum Gasteiger partial charge on any atom is 0.335 e. The third kappa shape index (κ3) is 1.89. The van der Waals surface area contributed by atoms with Crippen LogP contribution in [0.15, 0.2) is 36.4 Å². The first-order valence-electron chi connectivity index (χ1n) is 6.07. The molecule has 0 aliphatic heterocycles. The number of aromatic carboxylic acids is 1. The predicted octanol–water partition coefficient (Wildman–Crippen LogP) is 2.94. The van der Waals surface area contributed by atoms with Crippen LogP contribution in [0.2, 0.25) is 0 Å². The number of phenols is 1. The van der Waals surface area contributed by atoms with E-state index in [1.54, 1.807) is 12.1 Å². The van der Waals surface area contributed by atoms with E-state index in [0.717, 1.165) is 10.9 Å². The average molecular weight is 268 g/mol. The Morgan fingerprint density at radius 3 is 2.75 bits per heavy atom. The van der Waals surface area contributed by atoms with Crippen molar-refractivity contribution in [1.29, 1.82) is 0 Å². The van der Waals surface area contributed by atoms with Crippen LogP contribution >= 0.6 is 0 Å². The van der Waals surface area contributed by atoms with Gasteiger partial charge in [0.05, 0.1) is 11.1 Å². The Morgan fingerprint density at radius 1 is 1.20 bits per heavy atom. The molecule has 0 fully saturated rings. The molecule has 0 radical (unpaired) electrons. The molecule has 2 aromatic carbocycles. The number of benzene rings is 2. The summed E-state index contributed by atoms with van der Waals surface area (Å²) in [4.78, 5) is 10.9. The molecule has 0 aliphatic carbocycles. The Labute approximate surface area is 114 Å². The van der Waals surface area contributed by atoms with Crippen LogP contribution in [0.25, 0.3) is 22.2 Å². The number of aromatic amines is 1. The summed E-state index contributed by atoms with van der Waals surface area (Å²) in [5.74, 6) is -0.840. The number of carboxylic acids is 1. The molecule has 0 saturated heterocycles. The molecule has 3 rings (SSSR count). The lowest BCUT2D eigenvalue weighted by atomic mass is 10.0. The summed E-state index contributed by atoms with van der Waals surface area (Å²) in [5, 5.41) is 26.7. The highest BCUT2D eigenvalue weighted by molar-refractivity contribution is 5.98. The third-order valence-electron chi connectivity index (χ3n) is 3.22. The summed E-state index contributed by atoms with van der Waals surface area (Å²) in [7, 11) is 0. The van der Waals surface area contributed by atoms with Gasteiger partial charge in [-0.25, -0.2) is 4.79 Å². The standard InChI is InChI=1S/C15H12N2O3/c1-8-2-5-13(18)11(6-8)14-10-4-3-9(15(19)20)7-12(10)16-17-14/h2-7,18H,1H3,(H,16,17)(H,19,20). The maximum atomic E-state index is 10.9. The van der Waals surface area contributed by atoms with E-state index < -0.39 is 5.97 Å². The zero-order valence-electron chi connectivity index (χ0n) is 10.7. The molecule has 0 bridgehead atoms. The molecule has 5 heteroatoms. The summed E-state index contributed by atoms with van der Waals surface area (Å²) in [6.45, 7) is 1.93. The SMILES string of the molecule is Cc1ccc(O)c(-c2n[nH]c3cc(C(=O)O)ccc23)c1. The van der Waals surface area contributed by atoms with Crippen molar-refractivity contribution in [1.82, 2.24) is 10.2 Å². The van der Waals surface area contributed by atoms with Crippen LogP contribution in [0.5, 0.6) is 5.75 Å². The van der Waals surface area contributed by atoms with E-state index in [0.29, 0.717) is 16.8 Å². The highest BCUT2D eigenvalue weighted by Crippen LogP contribution is 2.33. The topological polar surface area (TPSA) is 86.2 Å². The molecule has 20 heavy (non-hydrogen) atoms. The number of aromatic nitrogens is 2. The number of carbonyl (C=O) groups is 1. The second kappa shape index (κ2) is 4.38. The van der Waals surface area contributed by atoms with Crippen LogP contribution in [0.3, 0.4) is 0 Å². The van der Waals surface area contributed by atoms with E-state index in [-0.39, 0.29) is 11.3 Å². The predicted molar refractivity (Wildman–Crippen MR) is 74.9 cm³/mol. The first-order chi connectivity index (χ1) is 9.56. The highest BCUT2D eigenvalue weighted by atomic mass is 16.4. The molecule has 0 unspecified atom stereocenters. The maximum absolute atomic E-state index is 10.9. The normalized spacial score (nSPS) is 10.8. The minimum atomic E-state index is -0.985. The zero-order chi connectivity index (χ0) is 14.3. The summed E-state index contributed by atoms with van der Waals surface area (Å²) in [6.07, 6.45) is 0. The lowest BCUT2D eigenvalue weighted by molar-refractivity contribution is 0.0697. The Balaban J connectivity index is 2.22. The highest BCUT2D eigenvalue weighted by Gasteiger charge is 2.13. The minimum Gasteiger partial charge on any atom is -0.507 e. The number of nitrogens with one attached hydrogen (secondary N) is 1. The van der Waals surface area contributed by atoms with Crippen molar-refractivity contribution in [3.8, 4) is 17.0 Å². The molecule has 0 aliphatic rings. The lowest BCUT2D eigenvalue weighted by Gasteiger charge is -2.03. The van der Waals surface area contributed by atoms with Gasteiger partial charge in [-0.3, -0.25) is 5.10 Å². The summed E-state index contributed by atoms with van der Waals surface area (Å²) in [5.41, 5.74) is 3.07. The van der Waals surface area contributed by atoms with Gasteiger partial charge in [-0.1, -0.05) is 11.6 Å². The number of hydrogen-bond acceptors (Lipinski definition) is 3. The first-order valence-corrected chi connectivity index (χ1v) is 6.07. The molecule has 3 aromatic rings. The van der Waals surface area contributed by atoms with Gasteiger partial charge in [-0.15, -0.1) is 0 Å². The zero-order valence-corrected chi connectivity index (χ0v) is 10.7. The van der Waals surface area contributed by atoms with Crippen LogP contribution < -0.4 is 0 Å². The number of aryl methyl sites for hydroxylation is 1.